The van der Waals surface area contributed by atoms with E-state index in [1.54, 1.807) is 0 Å². The topological polar surface area (TPSA) is 38.0 Å². The molecule has 1 fully saturated rings. The van der Waals surface area contributed by atoms with Crippen molar-refractivity contribution in [1.29, 1.82) is 0 Å². The second kappa shape index (κ2) is 2.64. The highest BCUT2D eigenvalue weighted by Crippen LogP contribution is 2.39. The Balaban J connectivity index is 2.96. The van der Waals surface area contributed by atoms with E-state index in [2.05, 4.69) is 5.32 Å². The Labute approximate surface area is 77.9 Å². The lowest BCUT2D eigenvalue weighted by Crippen LogP contribution is -2.72. The Morgan fingerprint density at radius 3 is 2.08 bits per heavy atom. The van der Waals surface area contributed by atoms with Crippen LogP contribution >= 0.6 is 0 Å². The average molecular weight is 192 g/mol. The lowest BCUT2D eigenvalue weighted by Gasteiger charge is -2.50. The van der Waals surface area contributed by atoms with Gasteiger partial charge in [0.15, 0.2) is 0 Å². The smallest absolute Gasteiger partial charge is 0.280 e. The van der Waals surface area contributed by atoms with Crippen LogP contribution in [0.4, 0.5) is 8.78 Å². The number of nitrogens with two attached hydrogens (primary N) is 1. The molecule has 0 aromatic carbocycles. The van der Waals surface area contributed by atoms with Crippen LogP contribution in [0.2, 0.25) is 0 Å². The largest absolute Gasteiger partial charge is 0.323 e. The van der Waals surface area contributed by atoms with Gasteiger partial charge in [0.25, 0.3) is 5.92 Å². The Kier molecular flexibility index (Phi) is 2.20. The summed E-state index contributed by atoms with van der Waals surface area (Å²) in [4.78, 5) is 0. The van der Waals surface area contributed by atoms with E-state index in [-0.39, 0.29) is 5.54 Å². The molecular formula is C9H18F2N2. The van der Waals surface area contributed by atoms with E-state index in [0.717, 1.165) is 0 Å². The third-order valence-electron chi connectivity index (χ3n) is 2.68. The number of nitrogens with one attached hydrogen (secondary N) is 1. The molecule has 13 heavy (non-hydrogen) atoms. The van der Waals surface area contributed by atoms with Crippen molar-refractivity contribution in [2.75, 3.05) is 0 Å². The minimum Gasteiger partial charge on any atom is -0.323 e. The summed E-state index contributed by atoms with van der Waals surface area (Å²) in [6, 6.07) is -1.06. The van der Waals surface area contributed by atoms with E-state index in [9.17, 15) is 8.78 Å². The summed E-state index contributed by atoms with van der Waals surface area (Å²) >= 11 is 0. The van der Waals surface area contributed by atoms with Crippen LogP contribution in [0.25, 0.3) is 0 Å². The van der Waals surface area contributed by atoms with Gasteiger partial charge in [0.2, 0.25) is 0 Å². The number of piperidine rings is 1. The van der Waals surface area contributed by atoms with Crippen LogP contribution in [0.1, 0.15) is 34.1 Å². The van der Waals surface area contributed by atoms with Gasteiger partial charge >= 0.3 is 0 Å². The minimum atomic E-state index is -2.84. The maximum Gasteiger partial charge on any atom is 0.280 e. The van der Waals surface area contributed by atoms with Crippen molar-refractivity contribution in [3.8, 4) is 0 Å². The van der Waals surface area contributed by atoms with Gasteiger partial charge in [-0.3, -0.25) is 0 Å². The maximum atomic E-state index is 13.5. The molecule has 1 saturated heterocycles. The van der Waals surface area contributed by atoms with Crippen LogP contribution in [-0.4, -0.2) is 23.0 Å². The van der Waals surface area contributed by atoms with Gasteiger partial charge in [-0.25, -0.2) is 8.78 Å². The quantitative estimate of drug-likeness (QED) is 0.610. The molecule has 2 nitrogen and oxygen atoms in total. The normalized spacial score (nSPS) is 35.8. The molecule has 0 aliphatic carbocycles. The molecule has 1 aliphatic rings. The second-order valence-corrected chi connectivity index (χ2v) is 5.07. The van der Waals surface area contributed by atoms with Crippen LogP contribution in [-0.2, 0) is 0 Å². The first-order valence-corrected chi connectivity index (χ1v) is 4.51. The zero-order valence-corrected chi connectivity index (χ0v) is 8.62. The Bertz CT molecular complexity index is 212. The first-order chi connectivity index (χ1) is 5.58. The predicted octanol–water partition coefficient (Wildman–Crippen LogP) is 1.50. The highest BCUT2D eigenvalue weighted by molar-refractivity contribution is 5.09. The van der Waals surface area contributed by atoms with Crippen LogP contribution < -0.4 is 11.1 Å². The molecule has 0 radical (unpaired) electrons. The number of halogens is 2. The summed E-state index contributed by atoms with van der Waals surface area (Å²) < 4.78 is 27.1. The molecule has 78 valence electrons. The number of alkyl halides is 2. The van der Waals surface area contributed by atoms with Gasteiger partial charge in [-0.1, -0.05) is 0 Å². The summed E-state index contributed by atoms with van der Waals surface area (Å²) in [6.45, 7) is 6.77. The maximum absolute atomic E-state index is 13.5. The summed E-state index contributed by atoms with van der Waals surface area (Å²) in [7, 11) is 0. The molecule has 3 N–H and O–H groups in total. The van der Waals surface area contributed by atoms with Crippen LogP contribution in [0.5, 0.6) is 0 Å². The van der Waals surface area contributed by atoms with E-state index in [1.165, 1.54) is 13.8 Å². The van der Waals surface area contributed by atoms with Gasteiger partial charge < -0.3 is 11.1 Å². The molecule has 1 rings (SSSR count). The molecule has 1 aliphatic heterocycles. The fourth-order valence-corrected chi connectivity index (χ4v) is 2.12. The minimum absolute atomic E-state index is 0.295. The molecule has 1 heterocycles. The van der Waals surface area contributed by atoms with Gasteiger partial charge in [-0.05, 0) is 34.1 Å². The summed E-state index contributed by atoms with van der Waals surface area (Å²) in [6.07, 6.45) is 0.295. The molecule has 0 saturated carbocycles. The summed E-state index contributed by atoms with van der Waals surface area (Å²) in [5.74, 6) is -2.84. The van der Waals surface area contributed by atoms with Crippen molar-refractivity contribution in [3.05, 3.63) is 0 Å². The van der Waals surface area contributed by atoms with E-state index >= 15 is 0 Å². The van der Waals surface area contributed by atoms with Crippen molar-refractivity contribution < 1.29 is 8.78 Å². The zero-order valence-electron chi connectivity index (χ0n) is 8.62. The summed E-state index contributed by atoms with van der Waals surface area (Å²) in [5.41, 5.74) is 3.93. The lowest BCUT2D eigenvalue weighted by atomic mass is 9.77. The summed E-state index contributed by atoms with van der Waals surface area (Å²) in [5, 5.41) is 2.92. The van der Waals surface area contributed by atoms with E-state index in [1.807, 2.05) is 13.8 Å². The molecule has 0 amide bonds. The van der Waals surface area contributed by atoms with E-state index in [4.69, 9.17) is 5.73 Å². The van der Waals surface area contributed by atoms with Crippen molar-refractivity contribution in [1.82, 2.24) is 5.32 Å². The van der Waals surface area contributed by atoms with Crippen LogP contribution in [0, 0.1) is 0 Å². The van der Waals surface area contributed by atoms with Crippen LogP contribution in [0.15, 0.2) is 0 Å². The van der Waals surface area contributed by atoms with Gasteiger partial charge in [0.05, 0.1) is 11.6 Å². The molecule has 0 spiro atoms. The van der Waals surface area contributed by atoms with Gasteiger partial charge in [-0.2, -0.15) is 0 Å². The predicted molar refractivity (Wildman–Crippen MR) is 48.8 cm³/mol. The lowest BCUT2D eigenvalue weighted by molar-refractivity contribution is -0.133. The SMILES string of the molecule is CC1(C)CC(N)C(F)(F)C(C)(C)N1. The molecular weight excluding hydrogens is 174 g/mol. The molecule has 0 aromatic rings. The second-order valence-electron chi connectivity index (χ2n) is 5.07. The fraction of sp³-hybridized carbons (Fsp3) is 1.00. The Morgan fingerprint density at radius 2 is 1.69 bits per heavy atom. The molecule has 4 heteroatoms. The Morgan fingerprint density at radius 1 is 1.23 bits per heavy atom. The highest BCUT2D eigenvalue weighted by Gasteiger charge is 2.57. The van der Waals surface area contributed by atoms with Crippen molar-refractivity contribution in [2.45, 2.75) is 57.2 Å². The van der Waals surface area contributed by atoms with Crippen molar-refractivity contribution in [3.63, 3.8) is 0 Å². The third kappa shape index (κ3) is 1.70. The average Bonchev–Trinajstić information content (AvgIpc) is 1.80. The van der Waals surface area contributed by atoms with Gasteiger partial charge in [0, 0.05) is 5.54 Å². The standard InChI is InChI=1S/C9H18F2N2/c1-7(2)5-6(12)9(10,11)8(3,4)13-7/h6,13H,5,12H2,1-4H3. The molecule has 1 unspecified atom stereocenters. The first-order valence-electron chi connectivity index (χ1n) is 4.51. The molecule has 0 bridgehead atoms. The molecule has 1 atom stereocenters. The number of hydrogen-bond donors (Lipinski definition) is 2. The van der Waals surface area contributed by atoms with Crippen molar-refractivity contribution in [2.24, 2.45) is 5.73 Å². The zero-order chi connectivity index (χ0) is 10.5. The van der Waals surface area contributed by atoms with Gasteiger partial charge in [0.1, 0.15) is 0 Å². The monoisotopic (exact) mass is 192 g/mol. The third-order valence-corrected chi connectivity index (χ3v) is 2.68. The Hall–Kier alpha value is -0.220. The van der Waals surface area contributed by atoms with E-state index in [0.29, 0.717) is 6.42 Å². The molecule has 0 aromatic heterocycles. The number of rotatable bonds is 0. The number of hydrogen-bond acceptors (Lipinski definition) is 2. The van der Waals surface area contributed by atoms with Gasteiger partial charge in [-0.15, -0.1) is 0 Å². The highest BCUT2D eigenvalue weighted by atomic mass is 19.3. The fourth-order valence-electron chi connectivity index (χ4n) is 2.12. The van der Waals surface area contributed by atoms with Crippen molar-refractivity contribution >= 4 is 0 Å². The van der Waals surface area contributed by atoms with Crippen LogP contribution in [0.3, 0.4) is 0 Å². The van der Waals surface area contributed by atoms with E-state index < -0.39 is 17.5 Å². The first kappa shape index (κ1) is 10.9.